The van der Waals surface area contributed by atoms with Crippen molar-refractivity contribution in [2.45, 2.75) is 25.0 Å². The number of benzene rings is 2. The van der Waals surface area contributed by atoms with Crippen molar-refractivity contribution in [1.29, 1.82) is 0 Å². The van der Waals surface area contributed by atoms with Crippen molar-refractivity contribution in [3.05, 3.63) is 71.9 Å². The lowest BCUT2D eigenvalue weighted by molar-refractivity contribution is -0.0302. The van der Waals surface area contributed by atoms with Gasteiger partial charge in [-0.3, -0.25) is 9.89 Å². The van der Waals surface area contributed by atoms with Crippen molar-refractivity contribution in [3.63, 3.8) is 0 Å². The molecular weight excluding hydrogens is 390 g/mol. The number of β-amino-alcohol motifs (C(OH)–C–C–N with tert-alkyl or cyclic N) is 1. The van der Waals surface area contributed by atoms with Crippen LogP contribution in [-0.4, -0.2) is 62.6 Å². The highest BCUT2D eigenvalue weighted by Crippen LogP contribution is 2.34. The van der Waals surface area contributed by atoms with Gasteiger partial charge in [0, 0.05) is 30.8 Å². The van der Waals surface area contributed by atoms with E-state index >= 15 is 0 Å². The summed E-state index contributed by atoms with van der Waals surface area (Å²) >= 11 is 0. The minimum Gasteiger partial charge on any atom is -0.388 e. The van der Waals surface area contributed by atoms with E-state index in [0.29, 0.717) is 44.6 Å². The molecule has 0 saturated carbocycles. The molecule has 3 heterocycles. The number of carbonyl (C=O) groups excluding carboxylic acids is 1. The molecule has 0 radical (unpaired) electrons. The molecule has 158 valence electrons. The zero-order valence-corrected chi connectivity index (χ0v) is 17.2. The largest absolute Gasteiger partial charge is 0.388 e. The Morgan fingerprint density at radius 3 is 2.42 bits per heavy atom. The monoisotopic (exact) mass is 415 g/mol. The third kappa shape index (κ3) is 3.96. The maximum absolute atomic E-state index is 12.7. The SMILES string of the molecule is O=C(c1ccccc1)N1CCC(O)(CN2C=Nc3c(-c4ccccc4)n[nH]c3C2)CC1. The van der Waals surface area contributed by atoms with Gasteiger partial charge in [0.15, 0.2) is 0 Å². The summed E-state index contributed by atoms with van der Waals surface area (Å²) in [6.07, 6.45) is 2.88. The van der Waals surface area contributed by atoms with Gasteiger partial charge in [-0.15, -0.1) is 0 Å². The first-order valence-corrected chi connectivity index (χ1v) is 10.6. The first kappa shape index (κ1) is 19.5. The normalized spacial score (nSPS) is 17.5. The van der Waals surface area contributed by atoms with Crippen molar-refractivity contribution >= 4 is 17.9 Å². The molecule has 0 atom stereocenters. The number of nitrogens with one attached hydrogen (secondary N) is 1. The van der Waals surface area contributed by atoms with Gasteiger partial charge in [-0.05, 0) is 25.0 Å². The zero-order chi connectivity index (χ0) is 21.3. The van der Waals surface area contributed by atoms with Crippen molar-refractivity contribution in [1.82, 2.24) is 20.0 Å². The maximum atomic E-state index is 12.7. The first-order chi connectivity index (χ1) is 15.1. The molecule has 2 aromatic carbocycles. The van der Waals surface area contributed by atoms with Crippen LogP contribution < -0.4 is 0 Å². The fraction of sp³-hybridized carbons (Fsp3) is 0.292. The molecule has 3 aromatic rings. The Kier molecular flexibility index (Phi) is 5.03. The Morgan fingerprint density at radius 2 is 1.71 bits per heavy atom. The predicted molar refractivity (Wildman–Crippen MR) is 119 cm³/mol. The fourth-order valence-electron chi connectivity index (χ4n) is 4.32. The van der Waals surface area contributed by atoms with E-state index in [-0.39, 0.29) is 5.91 Å². The fourth-order valence-corrected chi connectivity index (χ4v) is 4.32. The van der Waals surface area contributed by atoms with E-state index in [1.54, 1.807) is 6.34 Å². The van der Waals surface area contributed by atoms with E-state index in [0.717, 1.165) is 22.6 Å². The number of rotatable bonds is 4. The van der Waals surface area contributed by atoms with E-state index in [2.05, 4.69) is 15.2 Å². The summed E-state index contributed by atoms with van der Waals surface area (Å²) in [6.45, 7) is 2.18. The van der Waals surface area contributed by atoms with Crippen molar-refractivity contribution in [2.24, 2.45) is 4.99 Å². The number of carbonyl (C=O) groups is 1. The Morgan fingerprint density at radius 1 is 1.03 bits per heavy atom. The third-order valence-corrected chi connectivity index (χ3v) is 6.07. The number of aliphatic hydroxyl groups is 1. The second kappa shape index (κ2) is 8.00. The molecule has 0 bridgehead atoms. The maximum Gasteiger partial charge on any atom is 0.253 e. The number of amides is 1. The number of nitrogens with zero attached hydrogens (tertiary/aromatic N) is 4. The van der Waals surface area contributed by atoms with Crippen LogP contribution >= 0.6 is 0 Å². The number of piperidine rings is 1. The summed E-state index contributed by atoms with van der Waals surface area (Å²) in [7, 11) is 0. The molecule has 7 nitrogen and oxygen atoms in total. The Labute approximate surface area is 181 Å². The molecule has 1 saturated heterocycles. The number of aliphatic imine (C=N–C) groups is 1. The Bertz CT molecular complexity index is 1090. The smallest absolute Gasteiger partial charge is 0.253 e. The average molecular weight is 415 g/mol. The molecule has 1 aromatic heterocycles. The number of fused-ring (bicyclic) bond motifs is 1. The molecule has 7 heteroatoms. The van der Waals surface area contributed by atoms with E-state index in [4.69, 9.17) is 0 Å². The van der Waals surface area contributed by atoms with E-state index in [1.807, 2.05) is 70.5 Å². The third-order valence-electron chi connectivity index (χ3n) is 6.07. The number of hydrogen-bond donors (Lipinski definition) is 2. The molecule has 0 aliphatic carbocycles. The summed E-state index contributed by atoms with van der Waals surface area (Å²) in [5.74, 6) is 0.0257. The molecule has 2 aliphatic rings. The highest BCUT2D eigenvalue weighted by Gasteiger charge is 2.36. The van der Waals surface area contributed by atoms with Gasteiger partial charge in [0.25, 0.3) is 5.91 Å². The van der Waals surface area contributed by atoms with E-state index < -0.39 is 5.60 Å². The summed E-state index contributed by atoms with van der Waals surface area (Å²) in [4.78, 5) is 21.1. The minimum absolute atomic E-state index is 0.0257. The van der Waals surface area contributed by atoms with E-state index in [1.165, 1.54) is 0 Å². The molecule has 0 spiro atoms. The lowest BCUT2D eigenvalue weighted by Gasteiger charge is -2.41. The molecule has 2 N–H and O–H groups in total. The van der Waals surface area contributed by atoms with Crippen molar-refractivity contribution in [2.75, 3.05) is 19.6 Å². The van der Waals surface area contributed by atoms with Crippen LogP contribution in [0.25, 0.3) is 11.3 Å². The molecular formula is C24H25N5O2. The van der Waals surface area contributed by atoms with Crippen molar-refractivity contribution in [3.8, 4) is 11.3 Å². The Hall–Kier alpha value is -3.45. The standard InChI is InChI=1S/C24H25N5O2/c30-23(19-9-5-2-6-10-19)29-13-11-24(31,12-14-29)16-28-15-20-22(25-17-28)21(27-26-20)18-7-3-1-4-8-18/h1-10,17,31H,11-16H2,(H,26,27). The number of aromatic amines is 1. The molecule has 0 unspecified atom stereocenters. The van der Waals surface area contributed by atoms with Gasteiger partial charge in [0.1, 0.15) is 11.4 Å². The average Bonchev–Trinajstić information content (AvgIpc) is 3.23. The lowest BCUT2D eigenvalue weighted by atomic mass is 9.90. The second-order valence-electron chi connectivity index (χ2n) is 8.30. The summed E-state index contributed by atoms with van der Waals surface area (Å²) < 4.78 is 0. The van der Waals surface area contributed by atoms with Crippen LogP contribution in [0.4, 0.5) is 5.69 Å². The summed E-state index contributed by atoms with van der Waals surface area (Å²) in [5.41, 5.74) is 3.52. The predicted octanol–water partition coefficient (Wildman–Crippen LogP) is 3.22. The summed E-state index contributed by atoms with van der Waals surface area (Å²) in [6, 6.07) is 19.3. The molecule has 31 heavy (non-hydrogen) atoms. The van der Waals surface area contributed by atoms with Gasteiger partial charge < -0.3 is 14.9 Å². The number of likely N-dealkylation sites (tertiary alicyclic amines) is 1. The molecule has 2 aliphatic heterocycles. The van der Waals surface area contributed by atoms with Crippen molar-refractivity contribution < 1.29 is 9.90 Å². The summed E-state index contributed by atoms with van der Waals surface area (Å²) in [5, 5.41) is 18.7. The van der Waals surface area contributed by atoms with Gasteiger partial charge in [0.05, 0.1) is 24.2 Å². The molecule has 5 rings (SSSR count). The molecule has 1 fully saturated rings. The highest BCUT2D eigenvalue weighted by molar-refractivity contribution is 5.94. The van der Waals surface area contributed by atoms with Crippen LogP contribution in [0.1, 0.15) is 28.9 Å². The van der Waals surface area contributed by atoms with Crippen LogP contribution in [-0.2, 0) is 6.54 Å². The first-order valence-electron chi connectivity index (χ1n) is 10.6. The van der Waals surface area contributed by atoms with Crippen LogP contribution in [0.15, 0.2) is 65.7 Å². The van der Waals surface area contributed by atoms with Crippen LogP contribution in [0.2, 0.25) is 0 Å². The lowest BCUT2D eigenvalue weighted by Crippen LogP contribution is -2.52. The van der Waals surface area contributed by atoms with Crippen LogP contribution in [0, 0.1) is 0 Å². The minimum atomic E-state index is -0.848. The number of hydrogen-bond acceptors (Lipinski definition) is 5. The highest BCUT2D eigenvalue weighted by atomic mass is 16.3. The van der Waals surface area contributed by atoms with E-state index in [9.17, 15) is 9.90 Å². The number of H-pyrrole nitrogens is 1. The van der Waals surface area contributed by atoms with Gasteiger partial charge >= 0.3 is 0 Å². The Balaban J connectivity index is 1.22. The topological polar surface area (TPSA) is 84.8 Å². The van der Waals surface area contributed by atoms with Gasteiger partial charge in [0.2, 0.25) is 0 Å². The quantitative estimate of drug-likeness (QED) is 0.685. The van der Waals surface area contributed by atoms with Crippen LogP contribution in [0.5, 0.6) is 0 Å². The van der Waals surface area contributed by atoms with Gasteiger partial charge in [-0.2, -0.15) is 5.10 Å². The number of aromatic nitrogens is 2. The van der Waals surface area contributed by atoms with Gasteiger partial charge in [-0.1, -0.05) is 48.5 Å². The zero-order valence-electron chi connectivity index (χ0n) is 17.2. The van der Waals surface area contributed by atoms with Crippen LogP contribution in [0.3, 0.4) is 0 Å². The second-order valence-corrected chi connectivity index (χ2v) is 8.30. The molecule has 1 amide bonds. The van der Waals surface area contributed by atoms with Gasteiger partial charge in [-0.25, -0.2) is 4.99 Å².